The molecule has 5 heteroatoms. The summed E-state index contributed by atoms with van der Waals surface area (Å²) in [5.41, 5.74) is 5.69. The highest BCUT2D eigenvalue weighted by Crippen LogP contribution is 2.31. The predicted molar refractivity (Wildman–Crippen MR) is 92.6 cm³/mol. The summed E-state index contributed by atoms with van der Waals surface area (Å²) >= 11 is 0. The largest absolute Gasteiger partial charge is 0.319 e. The Labute approximate surface area is 139 Å². The Bertz CT molecular complexity index is 897. The van der Waals surface area contributed by atoms with Crippen molar-refractivity contribution in [2.75, 3.05) is 5.32 Å². The zero-order chi connectivity index (χ0) is 17.3. The predicted octanol–water partition coefficient (Wildman–Crippen LogP) is 4.39. The molecule has 2 aromatic carbocycles. The number of halogens is 1. The topological polar surface area (TPSA) is 57.8 Å². The minimum Gasteiger partial charge on any atom is -0.319 e. The van der Waals surface area contributed by atoms with Crippen molar-refractivity contribution in [3.05, 3.63) is 70.7 Å². The van der Waals surface area contributed by atoms with E-state index >= 15 is 0 Å². The Morgan fingerprint density at radius 1 is 1.08 bits per heavy atom. The maximum absolute atomic E-state index is 13.0. The summed E-state index contributed by atoms with van der Waals surface area (Å²) in [6, 6.07) is 11.5. The van der Waals surface area contributed by atoms with Crippen molar-refractivity contribution < 1.29 is 9.18 Å². The van der Waals surface area contributed by atoms with Crippen LogP contribution in [0.25, 0.3) is 11.3 Å². The number of carbonyl (C=O) groups is 1. The molecule has 0 unspecified atom stereocenters. The van der Waals surface area contributed by atoms with Gasteiger partial charge in [0.1, 0.15) is 11.5 Å². The molecule has 3 rings (SSSR count). The second kappa shape index (κ2) is 6.28. The van der Waals surface area contributed by atoms with Gasteiger partial charge < -0.3 is 5.32 Å². The minimum atomic E-state index is -0.373. The number of anilines is 1. The molecule has 1 amide bonds. The molecule has 1 heterocycles. The van der Waals surface area contributed by atoms with Crippen LogP contribution < -0.4 is 5.32 Å². The molecule has 0 aliphatic heterocycles. The second-order valence-corrected chi connectivity index (χ2v) is 5.85. The van der Waals surface area contributed by atoms with Crippen molar-refractivity contribution in [3.8, 4) is 11.3 Å². The number of rotatable bonds is 3. The van der Waals surface area contributed by atoms with Crippen molar-refractivity contribution >= 4 is 11.6 Å². The third kappa shape index (κ3) is 3.06. The van der Waals surface area contributed by atoms with Crippen LogP contribution in [0.5, 0.6) is 0 Å². The molecule has 0 fully saturated rings. The first kappa shape index (κ1) is 15.9. The summed E-state index contributed by atoms with van der Waals surface area (Å²) in [6.07, 6.45) is 0. The Hall–Kier alpha value is -2.95. The average molecular weight is 323 g/mol. The molecular formula is C19H18FN3O. The molecule has 1 aromatic heterocycles. The van der Waals surface area contributed by atoms with E-state index in [1.165, 1.54) is 29.8 Å². The van der Waals surface area contributed by atoms with Crippen LogP contribution in [0.15, 0.2) is 42.5 Å². The van der Waals surface area contributed by atoms with Crippen molar-refractivity contribution in [1.29, 1.82) is 0 Å². The molecule has 0 saturated heterocycles. The molecule has 2 N–H and O–H groups in total. The van der Waals surface area contributed by atoms with E-state index in [1.54, 1.807) is 0 Å². The van der Waals surface area contributed by atoms with E-state index in [0.29, 0.717) is 16.9 Å². The quantitative estimate of drug-likeness (QED) is 0.751. The number of aromatic amines is 1. The van der Waals surface area contributed by atoms with E-state index in [4.69, 9.17) is 0 Å². The fourth-order valence-electron chi connectivity index (χ4n) is 2.64. The van der Waals surface area contributed by atoms with E-state index in [0.717, 1.165) is 16.8 Å². The highest BCUT2D eigenvalue weighted by molar-refractivity contribution is 6.06. The van der Waals surface area contributed by atoms with E-state index < -0.39 is 0 Å². The number of hydrogen-bond acceptors (Lipinski definition) is 2. The number of benzene rings is 2. The summed E-state index contributed by atoms with van der Waals surface area (Å²) < 4.78 is 13.0. The molecule has 0 aliphatic rings. The normalized spacial score (nSPS) is 10.7. The van der Waals surface area contributed by atoms with E-state index in [1.807, 2.05) is 32.9 Å². The summed E-state index contributed by atoms with van der Waals surface area (Å²) in [4.78, 5) is 12.4. The second-order valence-electron chi connectivity index (χ2n) is 5.85. The van der Waals surface area contributed by atoms with Crippen LogP contribution in [0.2, 0.25) is 0 Å². The summed E-state index contributed by atoms with van der Waals surface area (Å²) in [7, 11) is 0. The highest BCUT2D eigenvalue weighted by Gasteiger charge is 2.17. The lowest BCUT2D eigenvalue weighted by Gasteiger charge is -2.09. The van der Waals surface area contributed by atoms with Crippen molar-refractivity contribution in [1.82, 2.24) is 10.2 Å². The van der Waals surface area contributed by atoms with Crippen molar-refractivity contribution in [2.24, 2.45) is 0 Å². The van der Waals surface area contributed by atoms with Crippen LogP contribution in [-0.2, 0) is 0 Å². The molecule has 122 valence electrons. The van der Waals surface area contributed by atoms with Gasteiger partial charge in [-0.2, -0.15) is 5.10 Å². The van der Waals surface area contributed by atoms with E-state index in [2.05, 4.69) is 21.6 Å². The summed E-state index contributed by atoms with van der Waals surface area (Å²) in [5.74, 6) is -0.674. The third-order valence-corrected chi connectivity index (χ3v) is 3.93. The van der Waals surface area contributed by atoms with Gasteiger partial charge in [0, 0.05) is 11.1 Å². The number of hydrogen-bond donors (Lipinski definition) is 2. The van der Waals surface area contributed by atoms with Crippen LogP contribution in [0.3, 0.4) is 0 Å². The highest BCUT2D eigenvalue weighted by atomic mass is 19.1. The van der Waals surface area contributed by atoms with Crippen LogP contribution in [0.1, 0.15) is 27.2 Å². The number of aromatic nitrogens is 2. The number of aryl methyl sites for hydroxylation is 3. The lowest BCUT2D eigenvalue weighted by Crippen LogP contribution is -2.13. The van der Waals surface area contributed by atoms with Crippen LogP contribution in [-0.4, -0.2) is 16.1 Å². The molecule has 0 bridgehead atoms. The maximum Gasteiger partial charge on any atom is 0.255 e. The van der Waals surface area contributed by atoms with Gasteiger partial charge in [-0.3, -0.25) is 9.89 Å². The zero-order valence-electron chi connectivity index (χ0n) is 13.8. The number of amides is 1. The van der Waals surface area contributed by atoms with Gasteiger partial charge in [-0.25, -0.2) is 4.39 Å². The Morgan fingerprint density at radius 2 is 1.79 bits per heavy atom. The lowest BCUT2D eigenvalue weighted by atomic mass is 10.0. The standard InChI is InChI=1S/C19H18FN3O/c1-11-4-9-16(12(2)10-11)18-17(13(3)22-23-18)21-19(24)14-5-7-15(20)8-6-14/h4-10H,1-3H3,(H,21,24)(H,22,23). The SMILES string of the molecule is Cc1ccc(-c2n[nH]c(C)c2NC(=O)c2ccc(F)cc2)c(C)c1. The van der Waals surface area contributed by atoms with Gasteiger partial charge in [0.2, 0.25) is 0 Å². The van der Waals surface area contributed by atoms with Crippen LogP contribution in [0.4, 0.5) is 10.1 Å². The molecule has 4 nitrogen and oxygen atoms in total. The lowest BCUT2D eigenvalue weighted by molar-refractivity contribution is 0.102. The fourth-order valence-corrected chi connectivity index (χ4v) is 2.64. The number of H-pyrrole nitrogens is 1. The van der Waals surface area contributed by atoms with Gasteiger partial charge >= 0.3 is 0 Å². The molecule has 0 spiro atoms. The number of carbonyl (C=O) groups excluding carboxylic acids is 1. The molecular weight excluding hydrogens is 305 g/mol. The molecule has 3 aromatic rings. The van der Waals surface area contributed by atoms with Crippen LogP contribution in [0, 0.1) is 26.6 Å². The fraction of sp³-hybridized carbons (Fsp3) is 0.158. The van der Waals surface area contributed by atoms with Gasteiger partial charge in [0.05, 0.1) is 11.4 Å². The molecule has 24 heavy (non-hydrogen) atoms. The van der Waals surface area contributed by atoms with E-state index in [9.17, 15) is 9.18 Å². The molecule has 0 saturated carbocycles. The summed E-state index contributed by atoms with van der Waals surface area (Å²) in [6.45, 7) is 5.89. The zero-order valence-corrected chi connectivity index (χ0v) is 13.8. The van der Waals surface area contributed by atoms with Gasteiger partial charge in [-0.05, 0) is 50.6 Å². The van der Waals surface area contributed by atoms with Gasteiger partial charge in [0.25, 0.3) is 5.91 Å². The Kier molecular flexibility index (Phi) is 4.16. The third-order valence-electron chi connectivity index (χ3n) is 3.93. The van der Waals surface area contributed by atoms with Crippen molar-refractivity contribution in [3.63, 3.8) is 0 Å². The van der Waals surface area contributed by atoms with Crippen LogP contribution >= 0.6 is 0 Å². The van der Waals surface area contributed by atoms with Gasteiger partial charge in [-0.1, -0.05) is 23.8 Å². The summed E-state index contributed by atoms with van der Waals surface area (Å²) in [5, 5.41) is 10.1. The van der Waals surface area contributed by atoms with E-state index in [-0.39, 0.29) is 11.7 Å². The number of nitrogens with zero attached hydrogens (tertiary/aromatic N) is 1. The smallest absolute Gasteiger partial charge is 0.255 e. The average Bonchev–Trinajstić information content (AvgIpc) is 2.89. The first-order valence-electron chi connectivity index (χ1n) is 7.65. The maximum atomic E-state index is 13.0. The number of nitrogens with one attached hydrogen (secondary N) is 2. The van der Waals surface area contributed by atoms with Gasteiger partial charge in [0.15, 0.2) is 0 Å². The Balaban J connectivity index is 1.96. The molecule has 0 aliphatic carbocycles. The Morgan fingerprint density at radius 3 is 2.46 bits per heavy atom. The van der Waals surface area contributed by atoms with Gasteiger partial charge in [-0.15, -0.1) is 0 Å². The monoisotopic (exact) mass is 323 g/mol. The first-order chi connectivity index (χ1) is 11.5. The van der Waals surface area contributed by atoms with Crippen molar-refractivity contribution in [2.45, 2.75) is 20.8 Å². The molecule has 0 atom stereocenters. The first-order valence-corrected chi connectivity index (χ1v) is 7.65. The minimum absolute atomic E-state index is 0.300. The molecule has 0 radical (unpaired) electrons.